The molecule has 5 rings (SSSR count). The van der Waals surface area contributed by atoms with Crippen molar-refractivity contribution in [3.8, 4) is 11.1 Å². The van der Waals surface area contributed by atoms with Crippen LogP contribution in [0.4, 0.5) is 10.2 Å². The van der Waals surface area contributed by atoms with E-state index in [-0.39, 0.29) is 41.6 Å². The molecule has 0 radical (unpaired) electrons. The molecule has 11 nitrogen and oxygen atoms in total. The third kappa shape index (κ3) is 8.65. The molecule has 3 aromatic heterocycles. The lowest BCUT2D eigenvalue weighted by Gasteiger charge is -2.41. The molecule has 13 heteroatoms. The van der Waals surface area contributed by atoms with E-state index in [9.17, 15) is 18.0 Å². The van der Waals surface area contributed by atoms with Crippen molar-refractivity contribution in [1.82, 2.24) is 30.3 Å². The number of carbonyl (C=O) groups is 2. The molecule has 0 saturated heterocycles. The summed E-state index contributed by atoms with van der Waals surface area (Å²) in [7, 11) is -3.16. The second kappa shape index (κ2) is 15.5. The summed E-state index contributed by atoms with van der Waals surface area (Å²) in [6, 6.07) is 3.91. The number of nitrogens with zero attached hydrogens (tertiary/aromatic N) is 4. The predicted octanol–water partition coefficient (Wildman–Crippen LogP) is 5.63. The Morgan fingerprint density at radius 2 is 1.70 bits per heavy atom. The van der Waals surface area contributed by atoms with Crippen LogP contribution in [0.1, 0.15) is 99.4 Å². The first-order valence-electron chi connectivity index (χ1n) is 17.1. The average Bonchev–Trinajstić information content (AvgIpc) is 3.67. The lowest BCUT2D eigenvalue weighted by atomic mass is 9.66. The molecule has 0 aromatic carbocycles. The van der Waals surface area contributed by atoms with Crippen molar-refractivity contribution in [3.63, 3.8) is 0 Å². The number of aromatic amines is 1. The van der Waals surface area contributed by atoms with E-state index in [1.165, 1.54) is 17.1 Å². The number of H-pyrrole nitrogens is 1. The van der Waals surface area contributed by atoms with Gasteiger partial charge in [-0.1, -0.05) is 71.1 Å². The maximum absolute atomic E-state index is 15.5. The Balaban J connectivity index is 1.44. The predicted molar refractivity (Wildman–Crippen MR) is 179 cm³/mol. The van der Waals surface area contributed by atoms with Gasteiger partial charge in [0.25, 0.3) is 5.91 Å². The number of anilines is 1. The first-order valence-corrected chi connectivity index (χ1v) is 19.1. The zero-order valence-corrected chi connectivity index (χ0v) is 28.5. The van der Waals surface area contributed by atoms with Gasteiger partial charge in [0, 0.05) is 35.8 Å². The highest BCUT2D eigenvalue weighted by Gasteiger charge is 2.41. The zero-order valence-electron chi connectivity index (χ0n) is 27.7. The molecular weight excluding hydrogens is 621 g/mol. The van der Waals surface area contributed by atoms with Crippen LogP contribution in [0.25, 0.3) is 11.1 Å². The summed E-state index contributed by atoms with van der Waals surface area (Å²) in [5.41, 5.74) is 2.71. The lowest BCUT2D eigenvalue weighted by molar-refractivity contribution is -0.121. The first kappa shape index (κ1) is 34.7. The largest absolute Gasteiger partial charge is 0.339 e. The Hall–Kier alpha value is -3.61. The number of nitrogens with one attached hydrogen (secondary N) is 3. The highest BCUT2D eigenvalue weighted by molar-refractivity contribution is 7.90. The van der Waals surface area contributed by atoms with Gasteiger partial charge < -0.3 is 10.6 Å². The number of amides is 2. The van der Waals surface area contributed by atoms with Crippen molar-refractivity contribution in [1.29, 1.82) is 0 Å². The summed E-state index contributed by atoms with van der Waals surface area (Å²) in [5, 5.41) is 17.4. The van der Waals surface area contributed by atoms with Crippen molar-refractivity contribution in [2.45, 2.75) is 103 Å². The van der Waals surface area contributed by atoms with E-state index in [4.69, 9.17) is 0 Å². The molecule has 2 aliphatic carbocycles. The summed E-state index contributed by atoms with van der Waals surface area (Å²) in [4.78, 5) is 32.3. The Morgan fingerprint density at radius 3 is 2.30 bits per heavy atom. The van der Waals surface area contributed by atoms with Crippen LogP contribution in [0, 0.1) is 30.6 Å². The van der Waals surface area contributed by atoms with E-state index in [1.807, 2.05) is 13.8 Å². The van der Waals surface area contributed by atoms with Crippen molar-refractivity contribution < 1.29 is 22.4 Å². The van der Waals surface area contributed by atoms with Crippen molar-refractivity contribution in [3.05, 3.63) is 47.4 Å². The third-order valence-electron chi connectivity index (χ3n) is 9.90. The standard InChI is InChI=1S/C34H48FN7O4S/c1-4-26-29(22(2)40-41-26)25-16-17-28(37-32(25)35)38-34(44)31(30(23-12-7-5-8-13-23)24-14-9-6-10-15-24)39-33(43)27-18-19-36-42(27)20-11-21-47(3,45)46/h16-19,23-24,30-31H,4-15,20-21H2,1-3H3,(H,39,43)(H,40,41)(H,37,38,44)/t31-/m0/s1. The van der Waals surface area contributed by atoms with Crippen molar-refractivity contribution in [2.75, 3.05) is 17.3 Å². The highest BCUT2D eigenvalue weighted by Crippen LogP contribution is 2.42. The van der Waals surface area contributed by atoms with Crippen LogP contribution in [0.5, 0.6) is 0 Å². The molecule has 0 bridgehead atoms. The Bertz CT molecular complexity index is 1620. The molecule has 3 aromatic rings. The molecule has 2 aliphatic rings. The minimum absolute atomic E-state index is 0.0212. The second-order valence-electron chi connectivity index (χ2n) is 13.3. The molecule has 47 heavy (non-hydrogen) atoms. The van der Waals surface area contributed by atoms with Gasteiger partial charge in [0.1, 0.15) is 27.4 Å². The molecule has 0 spiro atoms. The normalized spacial score (nSPS) is 17.1. The topological polar surface area (TPSA) is 152 Å². The van der Waals surface area contributed by atoms with Gasteiger partial charge in [-0.2, -0.15) is 14.6 Å². The van der Waals surface area contributed by atoms with E-state index < -0.39 is 33.6 Å². The fraction of sp³-hybridized carbons (Fsp3) is 0.618. The minimum Gasteiger partial charge on any atom is -0.339 e. The maximum atomic E-state index is 15.5. The number of aryl methyl sites for hydroxylation is 3. The molecule has 256 valence electrons. The van der Waals surface area contributed by atoms with Crippen LogP contribution >= 0.6 is 0 Å². The molecule has 3 heterocycles. The number of pyridine rings is 1. The van der Waals surface area contributed by atoms with E-state index >= 15 is 4.39 Å². The van der Waals surface area contributed by atoms with Crippen LogP contribution in [-0.4, -0.2) is 63.2 Å². The fourth-order valence-corrected chi connectivity index (χ4v) is 8.34. The van der Waals surface area contributed by atoms with Gasteiger partial charge in [0.2, 0.25) is 11.9 Å². The SMILES string of the molecule is CCc1n[nH]c(C)c1-c1ccc(NC(=O)[C@@H](NC(=O)c2ccnn2CCCS(C)(=O)=O)C(C2CCCCC2)C2CCCCC2)nc1F. The smallest absolute Gasteiger partial charge is 0.270 e. The summed E-state index contributed by atoms with van der Waals surface area (Å²) in [5.74, 6) is -1.08. The molecule has 1 atom stereocenters. The number of rotatable bonds is 13. The maximum Gasteiger partial charge on any atom is 0.270 e. The monoisotopic (exact) mass is 669 g/mol. The second-order valence-corrected chi connectivity index (χ2v) is 15.6. The van der Waals surface area contributed by atoms with Gasteiger partial charge in [0.15, 0.2) is 0 Å². The first-order chi connectivity index (χ1) is 22.6. The van der Waals surface area contributed by atoms with Crippen molar-refractivity contribution >= 4 is 27.5 Å². The highest BCUT2D eigenvalue weighted by atomic mass is 32.2. The molecule has 2 saturated carbocycles. The number of hydrogen-bond acceptors (Lipinski definition) is 7. The average molecular weight is 670 g/mol. The van der Waals surface area contributed by atoms with Crippen LogP contribution in [0.15, 0.2) is 24.4 Å². The van der Waals surface area contributed by atoms with Gasteiger partial charge >= 0.3 is 0 Å². The molecule has 0 aliphatic heterocycles. The van der Waals surface area contributed by atoms with Gasteiger partial charge in [-0.25, -0.2) is 13.4 Å². The number of halogens is 1. The zero-order chi connectivity index (χ0) is 33.6. The number of hydrogen-bond donors (Lipinski definition) is 3. The fourth-order valence-electron chi connectivity index (χ4n) is 7.69. The van der Waals surface area contributed by atoms with Gasteiger partial charge in [-0.3, -0.25) is 19.4 Å². The van der Waals surface area contributed by atoms with E-state index in [0.717, 1.165) is 75.6 Å². The number of sulfone groups is 1. The molecule has 2 amide bonds. The third-order valence-corrected chi connectivity index (χ3v) is 10.9. The lowest BCUT2D eigenvalue weighted by Crippen LogP contribution is -2.53. The summed E-state index contributed by atoms with van der Waals surface area (Å²) in [6.45, 7) is 4.03. The summed E-state index contributed by atoms with van der Waals surface area (Å²) in [6.07, 6.45) is 14.3. The quantitative estimate of drug-likeness (QED) is 0.200. The van der Waals surface area contributed by atoms with E-state index in [1.54, 1.807) is 18.2 Å². The molecule has 3 N–H and O–H groups in total. The Morgan fingerprint density at radius 1 is 1.04 bits per heavy atom. The van der Waals surface area contributed by atoms with Gasteiger partial charge in [-0.05, 0) is 55.7 Å². The van der Waals surface area contributed by atoms with E-state index in [0.29, 0.717) is 24.0 Å². The Labute approximate surface area is 276 Å². The molecule has 0 unspecified atom stereocenters. The van der Waals surface area contributed by atoms with E-state index in [2.05, 4.69) is 30.9 Å². The van der Waals surface area contributed by atoms with Crippen LogP contribution in [-0.2, 0) is 27.6 Å². The van der Waals surface area contributed by atoms with Crippen LogP contribution < -0.4 is 10.6 Å². The number of carbonyl (C=O) groups excluding carboxylic acids is 2. The van der Waals surface area contributed by atoms with Crippen LogP contribution in [0.2, 0.25) is 0 Å². The summed E-state index contributed by atoms with van der Waals surface area (Å²) < 4.78 is 40.3. The number of aromatic nitrogens is 5. The van der Waals surface area contributed by atoms with Gasteiger partial charge in [-0.15, -0.1) is 0 Å². The van der Waals surface area contributed by atoms with Gasteiger partial charge in [0.05, 0.1) is 11.4 Å². The summed E-state index contributed by atoms with van der Waals surface area (Å²) >= 11 is 0. The minimum atomic E-state index is -3.16. The Kier molecular flexibility index (Phi) is 11.5. The molecular formula is C34H48FN7O4S. The molecule has 2 fully saturated rings. The van der Waals surface area contributed by atoms with Crippen molar-refractivity contribution in [2.24, 2.45) is 17.8 Å². The van der Waals surface area contributed by atoms with Crippen LogP contribution in [0.3, 0.4) is 0 Å².